The third-order valence-electron chi connectivity index (χ3n) is 7.21. The van der Waals surface area contributed by atoms with E-state index in [1.165, 1.54) is 17.0 Å². The fraction of sp³-hybridized carbons (Fsp3) is 0.333. The molecule has 0 spiro atoms. The Balaban J connectivity index is 1.70. The van der Waals surface area contributed by atoms with Gasteiger partial charge in [-0.25, -0.2) is 8.42 Å². The average Bonchev–Trinajstić information content (AvgIpc) is 3.44. The smallest absolute Gasteiger partial charge is 0.264 e. The molecule has 0 saturated heterocycles. The summed E-state index contributed by atoms with van der Waals surface area (Å²) in [4.78, 5) is 28.8. The van der Waals surface area contributed by atoms with Gasteiger partial charge in [0.1, 0.15) is 12.6 Å². The third kappa shape index (κ3) is 7.83. The van der Waals surface area contributed by atoms with Gasteiger partial charge in [-0.2, -0.15) is 0 Å². The number of carbonyl (C=O) groups is 2. The first-order valence-corrected chi connectivity index (χ1v) is 16.3. The summed E-state index contributed by atoms with van der Waals surface area (Å²) in [5.41, 5.74) is 1.79. The highest BCUT2D eigenvalue weighted by atomic mass is 79.9. The zero-order valence-corrected chi connectivity index (χ0v) is 26.7. The van der Waals surface area contributed by atoms with E-state index in [1.807, 2.05) is 6.92 Å². The summed E-state index contributed by atoms with van der Waals surface area (Å²) in [6, 6.07) is 17.3. The van der Waals surface area contributed by atoms with E-state index in [9.17, 15) is 18.0 Å². The predicted molar refractivity (Wildman–Crippen MR) is 167 cm³/mol. The minimum Gasteiger partial charge on any atom is -0.352 e. The second-order valence-corrected chi connectivity index (χ2v) is 13.8. The quantitative estimate of drug-likeness (QED) is 0.257. The van der Waals surface area contributed by atoms with Crippen molar-refractivity contribution in [2.75, 3.05) is 10.8 Å². The number of halogens is 3. The first-order chi connectivity index (χ1) is 19.5. The normalized spacial score (nSPS) is 14.5. The molecule has 3 aromatic rings. The number of rotatable bonds is 10. The van der Waals surface area contributed by atoms with Crippen LogP contribution in [0.15, 0.2) is 76.1 Å². The number of hydrogen-bond donors (Lipinski definition) is 1. The number of anilines is 1. The van der Waals surface area contributed by atoms with E-state index in [2.05, 4.69) is 21.2 Å². The van der Waals surface area contributed by atoms with Crippen molar-refractivity contribution >= 4 is 66.7 Å². The van der Waals surface area contributed by atoms with Crippen molar-refractivity contribution in [3.05, 3.63) is 92.4 Å². The summed E-state index contributed by atoms with van der Waals surface area (Å²) in [5, 5.41) is 3.83. The van der Waals surface area contributed by atoms with Gasteiger partial charge in [-0.3, -0.25) is 13.9 Å². The molecule has 7 nitrogen and oxygen atoms in total. The first-order valence-electron chi connectivity index (χ1n) is 13.3. The van der Waals surface area contributed by atoms with Gasteiger partial charge in [-0.15, -0.1) is 0 Å². The van der Waals surface area contributed by atoms with Crippen molar-refractivity contribution in [1.82, 2.24) is 10.2 Å². The Morgan fingerprint density at radius 3 is 2.34 bits per heavy atom. The zero-order chi connectivity index (χ0) is 29.7. The molecule has 0 unspecified atom stereocenters. The fourth-order valence-corrected chi connectivity index (χ4v) is 7.07. The van der Waals surface area contributed by atoms with Gasteiger partial charge in [-0.1, -0.05) is 81.8 Å². The summed E-state index contributed by atoms with van der Waals surface area (Å²) in [7, 11) is -4.15. The van der Waals surface area contributed by atoms with Crippen LogP contribution in [0, 0.1) is 6.92 Å². The van der Waals surface area contributed by atoms with Gasteiger partial charge < -0.3 is 10.2 Å². The first kappa shape index (κ1) is 31.3. The Morgan fingerprint density at radius 2 is 1.71 bits per heavy atom. The number of sulfonamides is 1. The molecule has 2 amide bonds. The van der Waals surface area contributed by atoms with Crippen molar-refractivity contribution in [2.45, 2.75) is 63.1 Å². The highest BCUT2D eigenvalue weighted by Gasteiger charge is 2.33. The lowest BCUT2D eigenvalue weighted by atomic mass is 10.1. The topological polar surface area (TPSA) is 86.8 Å². The summed E-state index contributed by atoms with van der Waals surface area (Å²) >= 11 is 15.9. The van der Waals surface area contributed by atoms with E-state index in [-0.39, 0.29) is 23.4 Å². The molecule has 0 bridgehead atoms. The van der Waals surface area contributed by atoms with Gasteiger partial charge in [0.15, 0.2) is 0 Å². The standard InChI is InChI=1S/C30H32BrCl2N3O4S/c1-20-10-14-27(15-11-20)41(39,40)36(26-9-5-6-23(31)16-26)19-29(37)35(18-22-12-13-24(32)17-28(22)33)21(2)30(38)34-25-7-3-4-8-25/h5-6,9-17,21,25H,3-4,7-8,18-19H2,1-2H3,(H,34,38)/t21-/m0/s1. The van der Waals surface area contributed by atoms with E-state index < -0.39 is 28.5 Å². The number of amides is 2. The van der Waals surface area contributed by atoms with Crippen LogP contribution in [-0.4, -0.2) is 43.8 Å². The molecule has 1 atom stereocenters. The van der Waals surface area contributed by atoms with E-state index in [4.69, 9.17) is 23.2 Å². The van der Waals surface area contributed by atoms with Gasteiger partial charge in [0, 0.05) is 27.1 Å². The maximum absolute atomic E-state index is 14.1. The lowest BCUT2D eigenvalue weighted by Gasteiger charge is -2.32. The maximum atomic E-state index is 14.1. The van der Waals surface area contributed by atoms with E-state index in [0.717, 1.165) is 35.6 Å². The van der Waals surface area contributed by atoms with Gasteiger partial charge in [0.2, 0.25) is 11.8 Å². The molecular formula is C30H32BrCl2N3O4S. The van der Waals surface area contributed by atoms with Crippen molar-refractivity contribution in [2.24, 2.45) is 0 Å². The number of benzene rings is 3. The molecule has 0 aromatic heterocycles. The molecule has 1 aliphatic rings. The monoisotopic (exact) mass is 679 g/mol. The molecule has 0 aliphatic heterocycles. The highest BCUT2D eigenvalue weighted by molar-refractivity contribution is 9.10. The van der Waals surface area contributed by atoms with E-state index in [0.29, 0.717) is 25.8 Å². The Morgan fingerprint density at radius 1 is 1.02 bits per heavy atom. The number of carbonyl (C=O) groups excluding carboxylic acids is 2. The van der Waals surface area contributed by atoms with Crippen LogP contribution in [-0.2, 0) is 26.2 Å². The SMILES string of the molecule is Cc1ccc(S(=O)(=O)N(CC(=O)N(Cc2ccc(Cl)cc2Cl)[C@@H](C)C(=O)NC2CCCC2)c2cccc(Br)c2)cc1. The van der Waals surface area contributed by atoms with Crippen molar-refractivity contribution in [3.8, 4) is 0 Å². The Kier molecular flexibility index (Phi) is 10.4. The lowest BCUT2D eigenvalue weighted by molar-refractivity contribution is -0.139. The third-order valence-corrected chi connectivity index (χ3v) is 10.1. The van der Waals surface area contributed by atoms with Crippen LogP contribution >= 0.6 is 39.1 Å². The molecule has 41 heavy (non-hydrogen) atoms. The van der Waals surface area contributed by atoms with Crippen LogP contribution in [0.5, 0.6) is 0 Å². The van der Waals surface area contributed by atoms with E-state index >= 15 is 0 Å². The Bertz CT molecular complexity index is 1510. The van der Waals surface area contributed by atoms with Crippen LogP contribution in [0.25, 0.3) is 0 Å². The molecular weight excluding hydrogens is 649 g/mol. The number of nitrogens with zero attached hydrogens (tertiary/aromatic N) is 2. The number of nitrogens with one attached hydrogen (secondary N) is 1. The summed E-state index contributed by atoms with van der Waals surface area (Å²) in [6.07, 6.45) is 3.86. The van der Waals surface area contributed by atoms with Crippen LogP contribution < -0.4 is 9.62 Å². The van der Waals surface area contributed by atoms with Gasteiger partial charge >= 0.3 is 0 Å². The minimum atomic E-state index is -4.15. The van der Waals surface area contributed by atoms with E-state index in [1.54, 1.807) is 61.5 Å². The van der Waals surface area contributed by atoms with Crippen LogP contribution in [0.1, 0.15) is 43.7 Å². The van der Waals surface area contributed by atoms with Crippen molar-refractivity contribution < 1.29 is 18.0 Å². The lowest BCUT2D eigenvalue weighted by Crippen LogP contribution is -2.52. The fourth-order valence-electron chi connectivity index (χ4n) is 4.81. The molecule has 1 aliphatic carbocycles. The Labute approximate surface area is 260 Å². The molecule has 3 aromatic carbocycles. The summed E-state index contributed by atoms with van der Waals surface area (Å²) in [6.45, 7) is 2.97. The van der Waals surface area contributed by atoms with Crippen molar-refractivity contribution in [3.63, 3.8) is 0 Å². The Hall–Kier alpha value is -2.59. The maximum Gasteiger partial charge on any atom is 0.264 e. The molecule has 1 fully saturated rings. The average molecular weight is 681 g/mol. The van der Waals surface area contributed by atoms with Gasteiger partial charge in [0.25, 0.3) is 10.0 Å². The number of aryl methyl sites for hydroxylation is 1. The zero-order valence-electron chi connectivity index (χ0n) is 22.8. The summed E-state index contributed by atoms with van der Waals surface area (Å²) in [5.74, 6) is -0.855. The number of hydrogen-bond acceptors (Lipinski definition) is 4. The molecule has 1 N–H and O–H groups in total. The largest absolute Gasteiger partial charge is 0.352 e. The second kappa shape index (κ2) is 13.6. The van der Waals surface area contributed by atoms with Gasteiger partial charge in [-0.05, 0) is 74.7 Å². The molecule has 4 rings (SSSR count). The minimum absolute atomic E-state index is 0.00894. The van der Waals surface area contributed by atoms with Crippen molar-refractivity contribution in [1.29, 1.82) is 0 Å². The molecule has 11 heteroatoms. The predicted octanol–water partition coefficient (Wildman–Crippen LogP) is 6.74. The van der Waals surface area contributed by atoms with Crippen LogP contribution in [0.2, 0.25) is 10.0 Å². The highest BCUT2D eigenvalue weighted by Crippen LogP contribution is 2.28. The van der Waals surface area contributed by atoms with Gasteiger partial charge in [0.05, 0.1) is 10.6 Å². The van der Waals surface area contributed by atoms with Crippen LogP contribution in [0.3, 0.4) is 0 Å². The second-order valence-electron chi connectivity index (χ2n) is 10.2. The molecule has 1 saturated carbocycles. The molecule has 0 heterocycles. The molecule has 218 valence electrons. The molecule has 0 radical (unpaired) electrons. The van der Waals surface area contributed by atoms with Crippen LogP contribution in [0.4, 0.5) is 5.69 Å². The summed E-state index contributed by atoms with van der Waals surface area (Å²) < 4.78 is 29.6.